The molecule has 4 rings (SSSR count). The molecule has 0 spiro atoms. The first-order valence-corrected chi connectivity index (χ1v) is 7.69. The summed E-state index contributed by atoms with van der Waals surface area (Å²) in [4.78, 5) is 26.7. The average Bonchev–Trinajstić information content (AvgIpc) is 3.03. The summed E-state index contributed by atoms with van der Waals surface area (Å²) in [7, 11) is 1.54. The summed E-state index contributed by atoms with van der Waals surface area (Å²) in [6.07, 6.45) is 0.815. The fourth-order valence-corrected chi connectivity index (χ4v) is 3.14. The first-order chi connectivity index (χ1) is 11.7. The van der Waals surface area contributed by atoms with Crippen molar-refractivity contribution in [1.82, 2.24) is 0 Å². The SMILES string of the molecule is COc1ccc2c(C(=O)N3CCc4ccccc43)cc(=O)oc2c1. The van der Waals surface area contributed by atoms with Crippen molar-refractivity contribution in [2.75, 3.05) is 18.6 Å². The highest BCUT2D eigenvalue weighted by Gasteiger charge is 2.27. The molecule has 1 aliphatic heterocycles. The topological polar surface area (TPSA) is 59.8 Å². The largest absolute Gasteiger partial charge is 0.497 e. The van der Waals surface area contributed by atoms with Crippen LogP contribution in [-0.2, 0) is 6.42 Å². The van der Waals surface area contributed by atoms with Gasteiger partial charge in [-0.3, -0.25) is 4.79 Å². The summed E-state index contributed by atoms with van der Waals surface area (Å²) in [6.45, 7) is 0.607. The van der Waals surface area contributed by atoms with Gasteiger partial charge in [0.25, 0.3) is 5.91 Å². The molecule has 1 amide bonds. The molecule has 0 saturated carbocycles. The third-order valence-corrected chi connectivity index (χ3v) is 4.31. The van der Waals surface area contributed by atoms with Gasteiger partial charge in [0.15, 0.2) is 0 Å². The van der Waals surface area contributed by atoms with Gasteiger partial charge in [-0.05, 0) is 30.2 Å². The summed E-state index contributed by atoms with van der Waals surface area (Å²) in [5.74, 6) is 0.379. The molecule has 24 heavy (non-hydrogen) atoms. The third-order valence-electron chi connectivity index (χ3n) is 4.31. The predicted octanol–water partition coefficient (Wildman–Crippen LogP) is 3.00. The molecule has 0 fully saturated rings. The van der Waals surface area contributed by atoms with Crippen LogP contribution in [0.4, 0.5) is 5.69 Å². The number of hydrogen-bond acceptors (Lipinski definition) is 4. The van der Waals surface area contributed by atoms with E-state index < -0.39 is 5.63 Å². The Morgan fingerprint density at radius 3 is 2.83 bits per heavy atom. The summed E-state index contributed by atoms with van der Waals surface area (Å²) in [6, 6.07) is 14.2. The number of rotatable bonds is 2. The molecule has 0 saturated heterocycles. The number of nitrogens with zero attached hydrogens (tertiary/aromatic N) is 1. The molecule has 5 nitrogen and oxygen atoms in total. The lowest BCUT2D eigenvalue weighted by molar-refractivity contribution is 0.0990. The molecule has 2 aromatic carbocycles. The molecule has 0 atom stereocenters. The van der Waals surface area contributed by atoms with Gasteiger partial charge in [-0.2, -0.15) is 0 Å². The molecular weight excluding hydrogens is 306 g/mol. The molecular formula is C19H15NO4. The van der Waals surface area contributed by atoms with Crippen molar-refractivity contribution >= 4 is 22.6 Å². The standard InChI is InChI=1S/C19H15NO4/c1-23-13-6-7-14-15(11-18(21)24-17(14)10-13)19(22)20-9-8-12-4-2-3-5-16(12)20/h2-7,10-11H,8-9H2,1H3. The van der Waals surface area contributed by atoms with Crippen molar-refractivity contribution in [3.63, 3.8) is 0 Å². The van der Waals surface area contributed by atoms with Gasteiger partial charge in [0.1, 0.15) is 11.3 Å². The molecule has 1 aromatic heterocycles. The predicted molar refractivity (Wildman–Crippen MR) is 90.9 cm³/mol. The minimum Gasteiger partial charge on any atom is -0.497 e. The lowest BCUT2D eigenvalue weighted by Crippen LogP contribution is -2.29. The molecule has 0 unspecified atom stereocenters. The summed E-state index contributed by atoms with van der Waals surface area (Å²) >= 11 is 0. The zero-order valence-corrected chi connectivity index (χ0v) is 13.1. The number of carbonyl (C=O) groups is 1. The van der Waals surface area contributed by atoms with E-state index >= 15 is 0 Å². The van der Waals surface area contributed by atoms with Gasteiger partial charge >= 0.3 is 5.63 Å². The summed E-state index contributed by atoms with van der Waals surface area (Å²) in [5.41, 5.74) is 2.18. The van der Waals surface area contributed by atoms with Crippen molar-refractivity contribution in [2.24, 2.45) is 0 Å². The van der Waals surface area contributed by atoms with Gasteiger partial charge in [-0.25, -0.2) is 4.79 Å². The van der Waals surface area contributed by atoms with Crippen LogP contribution < -0.4 is 15.3 Å². The van der Waals surface area contributed by atoms with Crippen LogP contribution in [0.3, 0.4) is 0 Å². The van der Waals surface area contributed by atoms with Gasteiger partial charge in [0.2, 0.25) is 0 Å². The van der Waals surface area contributed by atoms with Crippen LogP contribution in [-0.4, -0.2) is 19.6 Å². The zero-order chi connectivity index (χ0) is 16.7. The smallest absolute Gasteiger partial charge is 0.337 e. The maximum atomic E-state index is 13.0. The molecule has 2 heterocycles. The van der Waals surface area contributed by atoms with Gasteiger partial charge in [-0.1, -0.05) is 18.2 Å². The van der Waals surface area contributed by atoms with E-state index in [1.807, 2.05) is 24.3 Å². The van der Waals surface area contributed by atoms with Crippen LogP contribution in [0.2, 0.25) is 0 Å². The Bertz CT molecular complexity index is 1010. The third kappa shape index (κ3) is 2.25. The van der Waals surface area contributed by atoms with E-state index in [-0.39, 0.29) is 5.91 Å². The molecule has 0 bridgehead atoms. The van der Waals surface area contributed by atoms with Crippen LogP contribution >= 0.6 is 0 Å². The van der Waals surface area contributed by atoms with Crippen LogP contribution in [0, 0.1) is 0 Å². The molecule has 0 aliphatic carbocycles. The van der Waals surface area contributed by atoms with E-state index in [1.54, 1.807) is 23.1 Å². The highest BCUT2D eigenvalue weighted by atomic mass is 16.5. The van der Waals surface area contributed by atoms with Crippen LogP contribution in [0.1, 0.15) is 15.9 Å². The first kappa shape index (κ1) is 14.5. The van der Waals surface area contributed by atoms with Crippen molar-refractivity contribution < 1.29 is 13.9 Å². The number of benzene rings is 2. The second-order valence-corrected chi connectivity index (χ2v) is 5.68. The second-order valence-electron chi connectivity index (χ2n) is 5.68. The Hall–Kier alpha value is -3.08. The molecule has 1 aliphatic rings. The van der Waals surface area contributed by atoms with Gasteiger partial charge < -0.3 is 14.1 Å². The van der Waals surface area contributed by atoms with E-state index in [4.69, 9.17) is 9.15 Å². The highest BCUT2D eigenvalue weighted by molar-refractivity contribution is 6.14. The van der Waals surface area contributed by atoms with Crippen molar-refractivity contribution in [1.29, 1.82) is 0 Å². The Labute approximate surface area is 138 Å². The maximum absolute atomic E-state index is 13.0. The fourth-order valence-electron chi connectivity index (χ4n) is 3.14. The zero-order valence-electron chi connectivity index (χ0n) is 13.1. The summed E-state index contributed by atoms with van der Waals surface area (Å²) in [5, 5.41) is 0.602. The lowest BCUT2D eigenvalue weighted by Gasteiger charge is -2.18. The number of para-hydroxylation sites is 1. The minimum absolute atomic E-state index is 0.192. The van der Waals surface area contributed by atoms with Crippen LogP contribution in [0.5, 0.6) is 5.75 Å². The molecule has 3 aromatic rings. The molecule has 0 radical (unpaired) electrons. The van der Waals surface area contributed by atoms with E-state index in [1.165, 1.54) is 13.2 Å². The number of hydrogen-bond donors (Lipinski definition) is 0. The Morgan fingerprint density at radius 1 is 1.17 bits per heavy atom. The molecule has 120 valence electrons. The number of anilines is 1. The van der Waals surface area contributed by atoms with Gasteiger partial charge in [0.05, 0.1) is 12.7 Å². The van der Waals surface area contributed by atoms with Crippen molar-refractivity contribution in [3.8, 4) is 5.75 Å². The number of carbonyl (C=O) groups excluding carboxylic acids is 1. The van der Waals surface area contributed by atoms with Crippen LogP contribution in [0.25, 0.3) is 11.0 Å². The maximum Gasteiger partial charge on any atom is 0.337 e. The number of fused-ring (bicyclic) bond motifs is 2. The van der Waals surface area contributed by atoms with Crippen LogP contribution in [0.15, 0.2) is 57.7 Å². The second kappa shape index (κ2) is 5.53. The van der Waals surface area contributed by atoms with E-state index in [9.17, 15) is 9.59 Å². The monoisotopic (exact) mass is 321 g/mol. The normalized spacial score (nSPS) is 13.1. The quantitative estimate of drug-likeness (QED) is 0.681. The van der Waals surface area contributed by atoms with Crippen molar-refractivity contribution in [2.45, 2.75) is 6.42 Å². The van der Waals surface area contributed by atoms with E-state index in [2.05, 4.69) is 0 Å². The Balaban J connectivity index is 1.85. The average molecular weight is 321 g/mol. The summed E-state index contributed by atoms with van der Waals surface area (Å²) < 4.78 is 10.4. The van der Waals surface area contributed by atoms with E-state index in [0.717, 1.165) is 17.7 Å². The molecule has 5 heteroatoms. The number of ether oxygens (including phenoxy) is 1. The van der Waals surface area contributed by atoms with Gasteiger partial charge in [-0.15, -0.1) is 0 Å². The highest BCUT2D eigenvalue weighted by Crippen LogP contribution is 2.30. The number of amides is 1. The first-order valence-electron chi connectivity index (χ1n) is 7.69. The minimum atomic E-state index is -0.549. The Kier molecular flexibility index (Phi) is 3.34. The number of methoxy groups -OCH3 is 1. The molecule has 0 N–H and O–H groups in total. The van der Waals surface area contributed by atoms with Gasteiger partial charge in [0, 0.05) is 29.8 Å². The van der Waals surface area contributed by atoms with Crippen molar-refractivity contribution in [3.05, 3.63) is 70.1 Å². The fraction of sp³-hybridized carbons (Fsp3) is 0.158. The lowest BCUT2D eigenvalue weighted by atomic mass is 10.1. The Morgan fingerprint density at radius 2 is 2.00 bits per heavy atom. The van der Waals surface area contributed by atoms with E-state index in [0.29, 0.717) is 28.8 Å².